The van der Waals surface area contributed by atoms with Crippen LogP contribution in [0.25, 0.3) is 5.69 Å². The number of anilines is 1. The zero-order valence-electron chi connectivity index (χ0n) is 14.0. The first kappa shape index (κ1) is 16.3. The topological polar surface area (TPSA) is 75.4 Å². The minimum Gasteiger partial charge on any atom is -0.323 e. The largest absolute Gasteiger partial charge is 0.350 e. The molecule has 1 aliphatic heterocycles. The van der Waals surface area contributed by atoms with E-state index in [9.17, 15) is 9.59 Å². The highest BCUT2D eigenvalue weighted by molar-refractivity contribution is 5.89. The number of carbonyl (C=O) groups excluding carboxylic acids is 1. The number of hydrogen-bond acceptors (Lipinski definition) is 4. The number of aryl methyl sites for hydroxylation is 1. The van der Waals surface area contributed by atoms with Crippen LogP contribution in [0.15, 0.2) is 35.4 Å². The summed E-state index contributed by atoms with van der Waals surface area (Å²) >= 11 is 0. The van der Waals surface area contributed by atoms with Gasteiger partial charge in [0.15, 0.2) is 0 Å². The molecule has 24 heavy (non-hydrogen) atoms. The van der Waals surface area contributed by atoms with Crippen LogP contribution < -0.4 is 11.0 Å². The highest BCUT2D eigenvalue weighted by Crippen LogP contribution is 2.13. The zero-order valence-corrected chi connectivity index (χ0v) is 14.0. The lowest BCUT2D eigenvalue weighted by Crippen LogP contribution is -2.37. The predicted molar refractivity (Wildman–Crippen MR) is 91.5 cm³/mol. The van der Waals surface area contributed by atoms with Crippen molar-refractivity contribution < 1.29 is 4.79 Å². The molecule has 0 spiro atoms. The molecule has 8 nitrogen and oxygen atoms in total. The third-order valence-corrected chi connectivity index (χ3v) is 4.19. The molecule has 2 aromatic rings. The second-order valence-electron chi connectivity index (χ2n) is 6.06. The summed E-state index contributed by atoms with van der Waals surface area (Å²) in [7, 11) is 3.72. The fraction of sp³-hybridized carbons (Fsp3) is 0.438. The molecule has 2 heterocycles. The number of amides is 2. The monoisotopic (exact) mass is 330 g/mol. The summed E-state index contributed by atoms with van der Waals surface area (Å²) in [5.41, 5.74) is 1.15. The molecule has 1 aliphatic rings. The number of urea groups is 1. The van der Waals surface area contributed by atoms with E-state index in [2.05, 4.69) is 22.4 Å². The third-order valence-electron chi connectivity index (χ3n) is 4.19. The molecule has 2 amide bonds. The Kier molecular flexibility index (Phi) is 4.66. The summed E-state index contributed by atoms with van der Waals surface area (Å²) in [6.07, 6.45) is 2.44. The van der Waals surface area contributed by atoms with Crippen LogP contribution in [0.5, 0.6) is 0 Å². The lowest BCUT2D eigenvalue weighted by Gasteiger charge is -2.21. The van der Waals surface area contributed by atoms with Crippen LogP contribution in [0.1, 0.15) is 6.42 Å². The van der Waals surface area contributed by atoms with Crippen LogP contribution in [0.4, 0.5) is 10.5 Å². The van der Waals surface area contributed by atoms with Gasteiger partial charge in [0, 0.05) is 32.4 Å². The Morgan fingerprint density at radius 2 is 1.83 bits per heavy atom. The second-order valence-corrected chi connectivity index (χ2v) is 6.06. The van der Waals surface area contributed by atoms with Gasteiger partial charge in [-0.15, -0.1) is 0 Å². The molecule has 128 valence electrons. The molecule has 1 aromatic carbocycles. The highest BCUT2D eigenvalue weighted by Gasteiger charge is 2.17. The average Bonchev–Trinajstić information content (AvgIpc) is 2.77. The van der Waals surface area contributed by atoms with E-state index in [4.69, 9.17) is 0 Å². The third kappa shape index (κ3) is 3.48. The minimum absolute atomic E-state index is 0.0898. The molecule has 1 fully saturated rings. The van der Waals surface area contributed by atoms with E-state index in [-0.39, 0.29) is 11.7 Å². The highest BCUT2D eigenvalue weighted by atomic mass is 16.2. The molecule has 0 atom stereocenters. The van der Waals surface area contributed by atoms with E-state index < -0.39 is 0 Å². The quantitative estimate of drug-likeness (QED) is 0.881. The van der Waals surface area contributed by atoms with Gasteiger partial charge >= 0.3 is 11.7 Å². The van der Waals surface area contributed by atoms with Crippen LogP contribution in [-0.4, -0.2) is 63.4 Å². The molecule has 1 aromatic heterocycles. The first-order valence-electron chi connectivity index (χ1n) is 8.00. The Morgan fingerprint density at radius 1 is 1.08 bits per heavy atom. The van der Waals surface area contributed by atoms with Gasteiger partial charge in [0.1, 0.15) is 6.33 Å². The van der Waals surface area contributed by atoms with E-state index in [0.717, 1.165) is 32.6 Å². The lowest BCUT2D eigenvalue weighted by molar-refractivity contribution is 0.213. The van der Waals surface area contributed by atoms with Gasteiger partial charge in [0.2, 0.25) is 0 Å². The molecule has 3 rings (SSSR count). The fourth-order valence-corrected chi connectivity index (χ4v) is 2.69. The van der Waals surface area contributed by atoms with Crippen molar-refractivity contribution in [3.8, 4) is 5.69 Å². The van der Waals surface area contributed by atoms with Gasteiger partial charge in [-0.3, -0.25) is 4.57 Å². The Hall–Kier alpha value is -2.61. The number of nitrogens with zero attached hydrogens (tertiary/aromatic N) is 5. The van der Waals surface area contributed by atoms with Crippen LogP contribution in [0.2, 0.25) is 0 Å². The number of nitrogens with one attached hydrogen (secondary N) is 1. The van der Waals surface area contributed by atoms with Gasteiger partial charge < -0.3 is 15.1 Å². The van der Waals surface area contributed by atoms with Crippen molar-refractivity contribution in [2.24, 2.45) is 7.05 Å². The molecule has 0 unspecified atom stereocenters. The number of aromatic nitrogens is 3. The first-order valence-corrected chi connectivity index (χ1v) is 8.00. The van der Waals surface area contributed by atoms with Crippen molar-refractivity contribution in [3.05, 3.63) is 41.1 Å². The Morgan fingerprint density at radius 3 is 2.50 bits per heavy atom. The molecule has 0 bridgehead atoms. The minimum atomic E-state index is -0.208. The van der Waals surface area contributed by atoms with E-state index in [1.165, 1.54) is 15.6 Å². The summed E-state index contributed by atoms with van der Waals surface area (Å²) in [6, 6.07) is 6.99. The summed E-state index contributed by atoms with van der Waals surface area (Å²) in [5.74, 6) is 0. The molecular formula is C16H22N6O2. The maximum absolute atomic E-state index is 12.4. The molecule has 0 radical (unpaired) electrons. The standard InChI is InChI=1S/C16H22N6O2/c1-19-8-3-9-21(11-10-19)15(23)18-13-4-6-14(7-5-13)22-16(24)20(2)12-17-22/h4-7,12H,3,8-11H2,1-2H3,(H,18,23). The maximum Gasteiger partial charge on any atom is 0.350 e. The molecular weight excluding hydrogens is 308 g/mol. The van der Waals surface area contributed by atoms with Crippen LogP contribution in [-0.2, 0) is 7.05 Å². The average molecular weight is 330 g/mol. The van der Waals surface area contributed by atoms with Gasteiger partial charge in [-0.05, 0) is 44.3 Å². The van der Waals surface area contributed by atoms with Gasteiger partial charge in [-0.1, -0.05) is 0 Å². The van der Waals surface area contributed by atoms with E-state index >= 15 is 0 Å². The zero-order chi connectivity index (χ0) is 17.1. The molecule has 8 heteroatoms. The Labute approximate surface area is 140 Å². The molecule has 0 saturated carbocycles. The molecule has 0 aliphatic carbocycles. The van der Waals surface area contributed by atoms with Crippen LogP contribution in [0.3, 0.4) is 0 Å². The van der Waals surface area contributed by atoms with Crippen molar-refractivity contribution in [1.82, 2.24) is 24.1 Å². The number of carbonyl (C=O) groups is 1. The van der Waals surface area contributed by atoms with Crippen LogP contribution >= 0.6 is 0 Å². The number of likely N-dealkylation sites (N-methyl/N-ethyl adjacent to an activating group) is 1. The van der Waals surface area contributed by atoms with Gasteiger partial charge in [-0.2, -0.15) is 9.78 Å². The summed E-state index contributed by atoms with van der Waals surface area (Å²) in [6.45, 7) is 3.38. The number of rotatable bonds is 2. The summed E-state index contributed by atoms with van der Waals surface area (Å²) in [5, 5.41) is 6.94. The molecule has 1 N–H and O–H groups in total. The number of hydrogen-bond donors (Lipinski definition) is 1. The smallest absolute Gasteiger partial charge is 0.323 e. The van der Waals surface area contributed by atoms with Crippen molar-refractivity contribution in [1.29, 1.82) is 0 Å². The van der Waals surface area contributed by atoms with Crippen molar-refractivity contribution in [3.63, 3.8) is 0 Å². The van der Waals surface area contributed by atoms with E-state index in [1.807, 2.05) is 4.90 Å². The maximum atomic E-state index is 12.4. The van der Waals surface area contributed by atoms with E-state index in [0.29, 0.717) is 11.4 Å². The SMILES string of the molecule is CN1CCCN(C(=O)Nc2ccc(-n3ncn(C)c3=O)cc2)CC1. The van der Waals surface area contributed by atoms with Gasteiger partial charge in [0.05, 0.1) is 5.69 Å². The summed E-state index contributed by atoms with van der Waals surface area (Å²) < 4.78 is 2.72. The summed E-state index contributed by atoms with van der Waals surface area (Å²) in [4.78, 5) is 28.3. The van der Waals surface area contributed by atoms with Crippen molar-refractivity contribution in [2.45, 2.75) is 6.42 Å². The van der Waals surface area contributed by atoms with Gasteiger partial charge in [-0.25, -0.2) is 9.59 Å². The molecule has 1 saturated heterocycles. The van der Waals surface area contributed by atoms with E-state index in [1.54, 1.807) is 31.3 Å². The van der Waals surface area contributed by atoms with Gasteiger partial charge in [0.25, 0.3) is 0 Å². The fourth-order valence-electron chi connectivity index (χ4n) is 2.69. The Bertz CT molecular complexity index is 764. The second kappa shape index (κ2) is 6.88. The lowest BCUT2D eigenvalue weighted by atomic mass is 10.3. The van der Waals surface area contributed by atoms with Crippen molar-refractivity contribution >= 4 is 11.7 Å². The first-order chi connectivity index (χ1) is 11.5. The van der Waals surface area contributed by atoms with Crippen LogP contribution in [0, 0.1) is 0 Å². The normalized spacial score (nSPS) is 16.0. The van der Waals surface area contributed by atoms with Crippen molar-refractivity contribution in [2.75, 3.05) is 38.5 Å². The predicted octanol–water partition coefficient (Wildman–Crippen LogP) is 0.740. The Balaban J connectivity index is 1.66. The number of benzene rings is 1.